The average Bonchev–Trinajstić information content (AvgIpc) is 2.66. The lowest BCUT2D eigenvalue weighted by Gasteiger charge is -2.19. The number of carbonyl (C=O) groups excluding carboxylic acids is 1. The zero-order chi connectivity index (χ0) is 19.8. The van der Waals surface area contributed by atoms with Crippen molar-refractivity contribution in [1.82, 2.24) is 10.3 Å². The number of alkyl carbamates (subject to hydrolysis) is 1. The Morgan fingerprint density at radius 3 is 2.70 bits per heavy atom. The number of hydrogen-bond donors (Lipinski definition) is 3. The molecule has 1 amide bonds. The van der Waals surface area contributed by atoms with Crippen LogP contribution in [0.25, 0.3) is 0 Å². The smallest absolute Gasteiger partial charge is 0.407 e. The van der Waals surface area contributed by atoms with Crippen molar-refractivity contribution in [3.05, 3.63) is 69.5 Å². The van der Waals surface area contributed by atoms with Gasteiger partial charge in [-0.2, -0.15) is 0 Å². The molecule has 1 heterocycles. The van der Waals surface area contributed by atoms with E-state index in [1.165, 1.54) is 6.07 Å². The number of rotatable bonds is 8. The van der Waals surface area contributed by atoms with E-state index < -0.39 is 23.2 Å². The molecule has 9 nitrogen and oxygen atoms in total. The van der Waals surface area contributed by atoms with E-state index >= 15 is 0 Å². The Hall–Kier alpha value is -3.04. The van der Waals surface area contributed by atoms with Crippen LogP contribution in [0.3, 0.4) is 0 Å². The van der Waals surface area contributed by atoms with E-state index in [-0.39, 0.29) is 30.8 Å². The average molecular weight is 375 g/mol. The van der Waals surface area contributed by atoms with E-state index in [9.17, 15) is 25.1 Å². The van der Waals surface area contributed by atoms with Gasteiger partial charge in [0, 0.05) is 23.9 Å². The van der Waals surface area contributed by atoms with Gasteiger partial charge in [0.05, 0.1) is 11.0 Å². The van der Waals surface area contributed by atoms with Crippen molar-refractivity contribution >= 4 is 11.8 Å². The van der Waals surface area contributed by atoms with Crippen molar-refractivity contribution in [2.75, 3.05) is 6.54 Å². The number of ether oxygens (including phenoxy) is 1. The molecule has 144 valence electrons. The molecule has 2 aromatic rings. The Kier molecular flexibility index (Phi) is 7.21. The van der Waals surface area contributed by atoms with Gasteiger partial charge in [-0.1, -0.05) is 30.3 Å². The molecule has 0 aliphatic heterocycles. The maximum absolute atomic E-state index is 11.6. The first kappa shape index (κ1) is 20.3. The zero-order valence-corrected chi connectivity index (χ0v) is 14.7. The van der Waals surface area contributed by atoms with E-state index in [1.54, 1.807) is 6.92 Å². The minimum atomic E-state index is -1.36. The number of nitro groups is 1. The lowest BCUT2D eigenvalue weighted by Crippen LogP contribution is -2.30. The number of pyridine rings is 1. The second-order valence-electron chi connectivity index (χ2n) is 5.91. The first-order valence-corrected chi connectivity index (χ1v) is 8.30. The molecule has 0 saturated heterocycles. The number of aliphatic hydroxyl groups excluding tert-OH is 2. The van der Waals surface area contributed by atoms with Crippen LogP contribution < -0.4 is 5.32 Å². The number of nitrogens with one attached hydrogen (secondary N) is 1. The van der Waals surface area contributed by atoms with Gasteiger partial charge in [-0.15, -0.1) is 0 Å². The topological polar surface area (TPSA) is 135 Å². The van der Waals surface area contributed by atoms with Crippen LogP contribution in [0.1, 0.15) is 29.3 Å². The molecule has 0 aliphatic carbocycles. The lowest BCUT2D eigenvalue weighted by atomic mass is 10.0. The first-order valence-electron chi connectivity index (χ1n) is 8.30. The summed E-state index contributed by atoms with van der Waals surface area (Å²) < 4.78 is 5.04. The fraction of sp³-hybridized carbons (Fsp3) is 0.333. The predicted octanol–water partition coefficient (Wildman–Crippen LogP) is 2.01. The summed E-state index contributed by atoms with van der Waals surface area (Å²) in [5.41, 5.74) is 1.12. The number of aliphatic hydroxyl groups is 2. The van der Waals surface area contributed by atoms with Crippen molar-refractivity contribution in [1.29, 1.82) is 0 Å². The molecule has 27 heavy (non-hydrogen) atoms. The van der Waals surface area contributed by atoms with Gasteiger partial charge >= 0.3 is 6.09 Å². The van der Waals surface area contributed by atoms with Crippen LogP contribution in [0.15, 0.2) is 42.6 Å². The summed E-state index contributed by atoms with van der Waals surface area (Å²) in [5.74, 6) is 0. The predicted molar refractivity (Wildman–Crippen MR) is 95.8 cm³/mol. The number of nitrogens with zero attached hydrogens (tertiary/aromatic N) is 2. The fourth-order valence-electron chi connectivity index (χ4n) is 2.40. The highest BCUT2D eigenvalue weighted by Crippen LogP contribution is 2.24. The molecule has 1 aromatic carbocycles. The molecule has 1 aromatic heterocycles. The third kappa shape index (κ3) is 6.01. The van der Waals surface area contributed by atoms with E-state index in [0.717, 1.165) is 11.8 Å². The molecule has 3 N–H and O–H groups in total. The molecular formula is C18H21N3O6. The minimum absolute atomic E-state index is 0.0315. The van der Waals surface area contributed by atoms with E-state index in [4.69, 9.17) is 4.74 Å². The molecule has 0 bridgehead atoms. The van der Waals surface area contributed by atoms with Gasteiger partial charge in [0.2, 0.25) is 0 Å². The molecule has 0 saturated carbocycles. The maximum Gasteiger partial charge on any atom is 0.407 e. The van der Waals surface area contributed by atoms with Crippen molar-refractivity contribution < 1.29 is 24.7 Å². The normalized spacial score (nSPS) is 12.9. The molecule has 2 rings (SSSR count). The Bertz CT molecular complexity index is 784. The highest BCUT2D eigenvalue weighted by molar-refractivity contribution is 5.67. The molecule has 0 aliphatic rings. The Balaban J connectivity index is 1.81. The van der Waals surface area contributed by atoms with Gasteiger partial charge < -0.3 is 20.3 Å². The molecule has 0 spiro atoms. The van der Waals surface area contributed by atoms with Crippen LogP contribution in [0.4, 0.5) is 10.5 Å². The van der Waals surface area contributed by atoms with Gasteiger partial charge in [-0.05, 0) is 18.9 Å². The zero-order valence-electron chi connectivity index (χ0n) is 14.7. The summed E-state index contributed by atoms with van der Waals surface area (Å²) in [7, 11) is 0. The molecule has 0 fully saturated rings. The SMILES string of the molecule is Cc1ncc([N+](=O)[O-])cc1C(O)C(O)CCNC(=O)OCc1ccccc1. The molecular weight excluding hydrogens is 354 g/mol. The lowest BCUT2D eigenvalue weighted by molar-refractivity contribution is -0.385. The van der Waals surface area contributed by atoms with Crippen LogP contribution in [0.2, 0.25) is 0 Å². The summed E-state index contributed by atoms with van der Waals surface area (Å²) in [6.07, 6.45) is -2.12. The van der Waals surface area contributed by atoms with Gasteiger partial charge in [0.15, 0.2) is 0 Å². The Morgan fingerprint density at radius 1 is 1.33 bits per heavy atom. The van der Waals surface area contributed by atoms with Crippen LogP contribution in [0, 0.1) is 17.0 Å². The summed E-state index contributed by atoms with van der Waals surface area (Å²) in [5, 5.41) is 33.6. The van der Waals surface area contributed by atoms with Crippen LogP contribution in [0.5, 0.6) is 0 Å². The summed E-state index contributed by atoms with van der Waals surface area (Å²) in [4.78, 5) is 25.7. The van der Waals surface area contributed by atoms with Crippen molar-refractivity contribution in [2.24, 2.45) is 0 Å². The maximum atomic E-state index is 11.6. The largest absolute Gasteiger partial charge is 0.445 e. The molecule has 0 radical (unpaired) electrons. The standard InChI is InChI=1S/C18H21N3O6/c1-12-15(9-14(10-20-12)21(25)26)17(23)16(22)7-8-19-18(24)27-11-13-5-3-2-4-6-13/h2-6,9-10,16-17,22-23H,7-8,11H2,1H3,(H,19,24). The van der Waals surface area contributed by atoms with Gasteiger partial charge in [-0.25, -0.2) is 4.79 Å². The highest BCUT2D eigenvalue weighted by Gasteiger charge is 2.23. The number of aryl methyl sites for hydroxylation is 1. The van der Waals surface area contributed by atoms with Crippen LogP contribution >= 0.6 is 0 Å². The Labute approximate surface area is 155 Å². The monoisotopic (exact) mass is 375 g/mol. The van der Waals surface area contributed by atoms with Gasteiger partial charge in [-0.3, -0.25) is 15.1 Å². The van der Waals surface area contributed by atoms with E-state index in [0.29, 0.717) is 5.69 Å². The van der Waals surface area contributed by atoms with E-state index in [1.807, 2.05) is 30.3 Å². The second-order valence-corrected chi connectivity index (χ2v) is 5.91. The summed E-state index contributed by atoms with van der Waals surface area (Å²) in [6.45, 7) is 1.76. The van der Waals surface area contributed by atoms with E-state index in [2.05, 4.69) is 10.3 Å². The first-order chi connectivity index (χ1) is 12.9. The quantitative estimate of drug-likeness (QED) is 0.474. The Morgan fingerprint density at radius 2 is 2.04 bits per heavy atom. The highest BCUT2D eigenvalue weighted by atomic mass is 16.6. The molecule has 9 heteroatoms. The number of benzene rings is 1. The fourth-order valence-corrected chi connectivity index (χ4v) is 2.40. The third-order valence-electron chi connectivity index (χ3n) is 3.93. The number of carbonyl (C=O) groups is 1. The van der Waals surface area contributed by atoms with Gasteiger partial charge in [0.25, 0.3) is 5.69 Å². The second kappa shape index (κ2) is 9.60. The van der Waals surface area contributed by atoms with Crippen molar-refractivity contribution in [3.63, 3.8) is 0 Å². The summed E-state index contributed by atoms with van der Waals surface area (Å²) in [6, 6.07) is 10.3. The molecule has 2 atom stereocenters. The minimum Gasteiger partial charge on any atom is -0.445 e. The summed E-state index contributed by atoms with van der Waals surface area (Å²) >= 11 is 0. The molecule has 2 unspecified atom stereocenters. The number of aromatic nitrogens is 1. The van der Waals surface area contributed by atoms with Gasteiger partial charge in [0.1, 0.15) is 18.9 Å². The third-order valence-corrected chi connectivity index (χ3v) is 3.93. The van der Waals surface area contributed by atoms with Crippen LogP contribution in [-0.4, -0.2) is 38.9 Å². The van der Waals surface area contributed by atoms with Crippen LogP contribution in [-0.2, 0) is 11.3 Å². The van der Waals surface area contributed by atoms with Crippen molar-refractivity contribution in [3.8, 4) is 0 Å². The number of hydrogen-bond acceptors (Lipinski definition) is 7. The van der Waals surface area contributed by atoms with Crippen molar-refractivity contribution in [2.45, 2.75) is 32.2 Å². The number of amides is 1.